The minimum atomic E-state index is -3.67. The molecule has 0 aliphatic rings. The van der Waals surface area contributed by atoms with Gasteiger partial charge in [0.15, 0.2) is 5.11 Å². The van der Waals surface area contributed by atoms with Gasteiger partial charge in [0.05, 0.1) is 4.90 Å². The second-order valence-electron chi connectivity index (χ2n) is 5.23. The van der Waals surface area contributed by atoms with Crippen LogP contribution in [0.1, 0.15) is 6.42 Å². The fourth-order valence-electron chi connectivity index (χ4n) is 2.05. The number of ether oxygens (including phenoxy) is 1. The number of benzene rings is 2. The van der Waals surface area contributed by atoms with Crippen molar-refractivity contribution in [3.63, 3.8) is 0 Å². The SMILES string of the molecule is COCCCNC(=S)Nc1cccc(S(=O)(=O)Nc2ccccc2)c1. The topological polar surface area (TPSA) is 79.5 Å². The van der Waals surface area contributed by atoms with Gasteiger partial charge in [-0.1, -0.05) is 24.3 Å². The molecule has 0 aliphatic carbocycles. The molecule has 0 saturated heterocycles. The lowest BCUT2D eigenvalue weighted by atomic mass is 10.3. The molecule has 3 N–H and O–H groups in total. The number of rotatable bonds is 8. The van der Waals surface area contributed by atoms with Crippen molar-refractivity contribution in [2.75, 3.05) is 30.3 Å². The molecule has 2 rings (SSSR count). The second-order valence-corrected chi connectivity index (χ2v) is 7.32. The third-order valence-electron chi connectivity index (χ3n) is 3.24. The molecule has 0 amide bonds. The van der Waals surface area contributed by atoms with Crippen molar-refractivity contribution in [1.82, 2.24) is 5.32 Å². The summed E-state index contributed by atoms with van der Waals surface area (Å²) in [5.74, 6) is 0. The molecular formula is C17H21N3O3S2. The number of methoxy groups -OCH3 is 1. The number of nitrogens with one attached hydrogen (secondary N) is 3. The van der Waals surface area contributed by atoms with E-state index in [1.807, 2.05) is 6.07 Å². The van der Waals surface area contributed by atoms with Crippen LogP contribution in [0.25, 0.3) is 0 Å². The molecule has 0 bridgehead atoms. The fourth-order valence-corrected chi connectivity index (χ4v) is 3.38. The highest BCUT2D eigenvalue weighted by Crippen LogP contribution is 2.19. The molecule has 0 aromatic heterocycles. The number of hydrogen-bond donors (Lipinski definition) is 3. The summed E-state index contributed by atoms with van der Waals surface area (Å²) in [5, 5.41) is 6.45. The standard InChI is InChI=1S/C17H21N3O3S2/c1-23-12-6-11-18-17(24)19-15-9-5-10-16(13-15)25(21,22)20-14-7-3-2-4-8-14/h2-5,7-10,13,20H,6,11-12H2,1H3,(H2,18,19,24). The molecular weight excluding hydrogens is 358 g/mol. The Balaban J connectivity index is 2.01. The van der Waals surface area contributed by atoms with Gasteiger partial charge in [-0.05, 0) is 49.0 Å². The van der Waals surface area contributed by atoms with Gasteiger partial charge in [0.25, 0.3) is 10.0 Å². The van der Waals surface area contributed by atoms with Gasteiger partial charge in [0, 0.05) is 31.6 Å². The Labute approximate surface area is 153 Å². The van der Waals surface area contributed by atoms with E-state index in [1.165, 1.54) is 12.1 Å². The van der Waals surface area contributed by atoms with Crippen LogP contribution in [-0.2, 0) is 14.8 Å². The van der Waals surface area contributed by atoms with Crippen LogP contribution in [0, 0.1) is 0 Å². The Hall–Kier alpha value is -2.16. The summed E-state index contributed by atoms with van der Waals surface area (Å²) in [7, 11) is -2.02. The number of anilines is 2. The van der Waals surface area contributed by atoms with Gasteiger partial charge in [0.2, 0.25) is 0 Å². The smallest absolute Gasteiger partial charge is 0.261 e. The third-order valence-corrected chi connectivity index (χ3v) is 4.86. The van der Waals surface area contributed by atoms with E-state index in [-0.39, 0.29) is 4.90 Å². The first-order valence-electron chi connectivity index (χ1n) is 7.73. The van der Waals surface area contributed by atoms with E-state index >= 15 is 0 Å². The average Bonchev–Trinajstić information content (AvgIpc) is 2.59. The van der Waals surface area contributed by atoms with Crippen molar-refractivity contribution in [2.24, 2.45) is 0 Å². The van der Waals surface area contributed by atoms with E-state index in [0.29, 0.717) is 29.6 Å². The Morgan fingerprint density at radius 3 is 2.52 bits per heavy atom. The fraction of sp³-hybridized carbons (Fsp3) is 0.235. The highest BCUT2D eigenvalue weighted by atomic mass is 32.2. The summed E-state index contributed by atoms with van der Waals surface area (Å²) < 4.78 is 32.5. The molecule has 0 radical (unpaired) electrons. The normalized spacial score (nSPS) is 10.9. The summed E-state index contributed by atoms with van der Waals surface area (Å²) in [6, 6.07) is 15.2. The first kappa shape index (κ1) is 19.2. The van der Waals surface area contributed by atoms with E-state index < -0.39 is 10.0 Å². The zero-order valence-electron chi connectivity index (χ0n) is 13.9. The number of sulfonamides is 1. The third kappa shape index (κ3) is 6.33. The van der Waals surface area contributed by atoms with Crippen LogP contribution in [0.4, 0.5) is 11.4 Å². The van der Waals surface area contributed by atoms with Crippen LogP contribution in [0.5, 0.6) is 0 Å². The summed E-state index contributed by atoms with van der Waals surface area (Å²) in [4.78, 5) is 0.156. The van der Waals surface area contributed by atoms with Gasteiger partial charge in [-0.2, -0.15) is 0 Å². The Bertz CT molecular complexity index is 796. The highest BCUT2D eigenvalue weighted by Gasteiger charge is 2.14. The predicted octanol–water partition coefficient (Wildman–Crippen LogP) is 2.81. The summed E-state index contributed by atoms with van der Waals surface area (Å²) in [6.45, 7) is 1.32. The van der Waals surface area contributed by atoms with E-state index in [2.05, 4.69) is 15.4 Å². The van der Waals surface area contributed by atoms with Crippen molar-refractivity contribution < 1.29 is 13.2 Å². The first-order valence-corrected chi connectivity index (χ1v) is 9.62. The van der Waals surface area contributed by atoms with Crippen molar-refractivity contribution in [1.29, 1.82) is 0 Å². The second kappa shape index (κ2) is 9.36. The number of hydrogen-bond acceptors (Lipinski definition) is 4. The maximum atomic E-state index is 12.5. The van der Waals surface area contributed by atoms with E-state index in [0.717, 1.165) is 6.42 Å². The molecule has 8 heteroatoms. The maximum absolute atomic E-state index is 12.5. The zero-order chi connectivity index (χ0) is 18.1. The molecule has 0 saturated carbocycles. The maximum Gasteiger partial charge on any atom is 0.261 e. The van der Waals surface area contributed by atoms with Crippen molar-refractivity contribution in [3.05, 3.63) is 54.6 Å². The van der Waals surface area contributed by atoms with Crippen molar-refractivity contribution >= 4 is 38.7 Å². The predicted molar refractivity (Wildman–Crippen MR) is 104 cm³/mol. The van der Waals surface area contributed by atoms with E-state index in [4.69, 9.17) is 17.0 Å². The van der Waals surface area contributed by atoms with E-state index in [9.17, 15) is 8.42 Å². The monoisotopic (exact) mass is 379 g/mol. The quantitative estimate of drug-likeness (QED) is 0.483. The molecule has 2 aromatic carbocycles. The first-order chi connectivity index (χ1) is 12.0. The molecule has 0 aliphatic heterocycles. The zero-order valence-corrected chi connectivity index (χ0v) is 15.5. The Morgan fingerprint density at radius 1 is 1.08 bits per heavy atom. The van der Waals surface area contributed by atoms with Gasteiger partial charge < -0.3 is 15.4 Å². The molecule has 0 heterocycles. The van der Waals surface area contributed by atoms with Crippen molar-refractivity contribution in [3.8, 4) is 0 Å². The van der Waals surface area contributed by atoms with Gasteiger partial charge in [-0.25, -0.2) is 8.42 Å². The number of para-hydroxylation sites is 1. The van der Waals surface area contributed by atoms with Crippen molar-refractivity contribution in [2.45, 2.75) is 11.3 Å². The molecule has 2 aromatic rings. The molecule has 0 unspecified atom stereocenters. The van der Waals surface area contributed by atoms with Crippen LogP contribution in [0.15, 0.2) is 59.5 Å². The van der Waals surface area contributed by atoms with Gasteiger partial charge in [0.1, 0.15) is 0 Å². The molecule has 25 heavy (non-hydrogen) atoms. The van der Waals surface area contributed by atoms with Crippen LogP contribution in [0.2, 0.25) is 0 Å². The van der Waals surface area contributed by atoms with Crippen LogP contribution < -0.4 is 15.4 Å². The van der Waals surface area contributed by atoms with Gasteiger partial charge >= 0.3 is 0 Å². The molecule has 0 fully saturated rings. The Kier molecular flexibility index (Phi) is 7.17. The van der Waals surface area contributed by atoms with Crippen LogP contribution >= 0.6 is 12.2 Å². The summed E-state index contributed by atoms with van der Waals surface area (Å²) >= 11 is 5.20. The van der Waals surface area contributed by atoms with Gasteiger partial charge in [-0.3, -0.25) is 4.72 Å². The molecule has 6 nitrogen and oxygen atoms in total. The van der Waals surface area contributed by atoms with Gasteiger partial charge in [-0.15, -0.1) is 0 Å². The lowest BCUT2D eigenvalue weighted by Gasteiger charge is -2.12. The summed E-state index contributed by atoms with van der Waals surface area (Å²) in [6.07, 6.45) is 0.827. The van der Waals surface area contributed by atoms with Crippen LogP contribution in [-0.4, -0.2) is 33.8 Å². The average molecular weight is 380 g/mol. The van der Waals surface area contributed by atoms with Crippen LogP contribution in [0.3, 0.4) is 0 Å². The lowest BCUT2D eigenvalue weighted by molar-refractivity contribution is 0.196. The summed E-state index contributed by atoms with van der Waals surface area (Å²) in [5.41, 5.74) is 1.11. The number of thiocarbonyl (C=S) groups is 1. The lowest BCUT2D eigenvalue weighted by Crippen LogP contribution is -2.29. The largest absolute Gasteiger partial charge is 0.385 e. The molecule has 134 valence electrons. The Morgan fingerprint density at radius 2 is 1.80 bits per heavy atom. The minimum absolute atomic E-state index is 0.156. The molecule has 0 atom stereocenters. The van der Waals surface area contributed by atoms with E-state index in [1.54, 1.807) is 43.5 Å². The molecule has 0 spiro atoms. The minimum Gasteiger partial charge on any atom is -0.385 e. The highest BCUT2D eigenvalue weighted by molar-refractivity contribution is 7.92.